The molecule has 4 rings (SSSR count). The van der Waals surface area contributed by atoms with Crippen LogP contribution in [0.25, 0.3) is 28.6 Å². The van der Waals surface area contributed by atoms with Crippen molar-refractivity contribution in [3.05, 3.63) is 89.2 Å². The maximum Gasteiger partial charge on any atom is 0.230 e. The van der Waals surface area contributed by atoms with Crippen molar-refractivity contribution in [2.24, 2.45) is 4.99 Å². The van der Waals surface area contributed by atoms with Crippen LogP contribution in [0.4, 0.5) is 10.1 Å². The molecule has 5 heteroatoms. The lowest BCUT2D eigenvalue weighted by molar-refractivity contribution is 0.593. The maximum atomic E-state index is 13.9. The molecule has 0 aliphatic carbocycles. The van der Waals surface area contributed by atoms with Crippen molar-refractivity contribution in [3.63, 3.8) is 0 Å². The van der Waals surface area contributed by atoms with Crippen LogP contribution >= 0.6 is 11.6 Å². The molecule has 3 nitrogen and oxygen atoms in total. The Morgan fingerprint density at radius 1 is 1.00 bits per heavy atom. The minimum atomic E-state index is -0.366. The predicted octanol–water partition coefficient (Wildman–Crippen LogP) is 6.70. The summed E-state index contributed by atoms with van der Waals surface area (Å²) in [6.07, 6.45) is 5.49. The van der Waals surface area contributed by atoms with Crippen LogP contribution in [0, 0.1) is 5.82 Å². The fraction of sp³-hybridized carbons (Fsp3) is 0. The summed E-state index contributed by atoms with van der Waals surface area (Å²) >= 11 is 5.87. The minimum absolute atomic E-state index is 0.256. The molecule has 0 amide bonds. The van der Waals surface area contributed by atoms with Gasteiger partial charge in [-0.2, -0.15) is 0 Å². The van der Waals surface area contributed by atoms with Gasteiger partial charge in [0.15, 0.2) is 5.58 Å². The first-order chi connectivity index (χ1) is 13.2. The molecule has 3 aromatic carbocycles. The number of benzene rings is 3. The van der Waals surface area contributed by atoms with E-state index in [0.717, 1.165) is 11.3 Å². The number of halogens is 2. The van der Waals surface area contributed by atoms with Crippen LogP contribution in [0.2, 0.25) is 5.02 Å². The minimum Gasteiger partial charge on any atom is -0.436 e. The van der Waals surface area contributed by atoms with E-state index < -0.39 is 0 Å². The molecular formula is C22H14ClFN2O. The van der Waals surface area contributed by atoms with Gasteiger partial charge in [0.2, 0.25) is 5.89 Å². The first-order valence-corrected chi connectivity index (χ1v) is 8.69. The smallest absolute Gasteiger partial charge is 0.230 e. The van der Waals surface area contributed by atoms with Crippen molar-refractivity contribution in [1.82, 2.24) is 4.98 Å². The fourth-order valence-electron chi connectivity index (χ4n) is 2.60. The number of aliphatic imine (C=N–C) groups is 1. The van der Waals surface area contributed by atoms with Gasteiger partial charge in [-0.15, -0.1) is 0 Å². The lowest BCUT2D eigenvalue weighted by Gasteiger charge is -1.95. The van der Waals surface area contributed by atoms with E-state index in [-0.39, 0.29) is 11.7 Å². The highest BCUT2D eigenvalue weighted by Gasteiger charge is 2.12. The van der Waals surface area contributed by atoms with E-state index in [0.29, 0.717) is 21.7 Å². The Labute approximate surface area is 160 Å². The van der Waals surface area contributed by atoms with E-state index in [4.69, 9.17) is 16.0 Å². The summed E-state index contributed by atoms with van der Waals surface area (Å²) in [6, 6.07) is 19.3. The largest absolute Gasteiger partial charge is 0.436 e. The SMILES string of the molecule is Fc1ccccc1-c1nc2cc(N=C/C=C/c3ccc(Cl)cc3)ccc2o1. The monoisotopic (exact) mass is 376 g/mol. The Bertz CT molecular complexity index is 1150. The molecule has 4 aromatic rings. The Hall–Kier alpha value is -3.24. The van der Waals surface area contributed by atoms with Gasteiger partial charge in [0, 0.05) is 11.2 Å². The maximum absolute atomic E-state index is 13.9. The molecule has 0 saturated carbocycles. The third-order valence-corrected chi connectivity index (χ3v) is 4.20. The Balaban J connectivity index is 1.55. The van der Waals surface area contributed by atoms with Gasteiger partial charge < -0.3 is 4.42 Å². The summed E-state index contributed by atoms with van der Waals surface area (Å²) in [7, 11) is 0. The normalized spacial score (nSPS) is 11.8. The molecule has 1 heterocycles. The summed E-state index contributed by atoms with van der Waals surface area (Å²) in [5, 5.41) is 0.705. The molecule has 0 N–H and O–H groups in total. The molecule has 27 heavy (non-hydrogen) atoms. The number of fused-ring (bicyclic) bond motifs is 1. The highest BCUT2D eigenvalue weighted by atomic mass is 35.5. The third-order valence-electron chi connectivity index (χ3n) is 3.94. The van der Waals surface area contributed by atoms with Crippen molar-refractivity contribution >= 4 is 40.7 Å². The molecule has 0 spiro atoms. The first-order valence-electron chi connectivity index (χ1n) is 8.31. The standard InChI is InChI=1S/C22H14ClFN2O/c23-16-9-7-15(8-10-16)4-3-13-25-17-11-12-21-20(14-17)26-22(27-21)18-5-1-2-6-19(18)24/h1-14H/b4-3+,25-13?. The zero-order chi connectivity index (χ0) is 18.6. The molecule has 0 bridgehead atoms. The number of allylic oxidation sites excluding steroid dienone is 1. The number of rotatable bonds is 4. The van der Waals surface area contributed by atoms with Gasteiger partial charge >= 0.3 is 0 Å². The fourth-order valence-corrected chi connectivity index (χ4v) is 2.73. The van der Waals surface area contributed by atoms with Gasteiger partial charge in [0.05, 0.1) is 11.3 Å². The summed E-state index contributed by atoms with van der Waals surface area (Å²) < 4.78 is 19.6. The molecule has 0 unspecified atom stereocenters. The lowest BCUT2D eigenvalue weighted by atomic mass is 10.2. The average molecular weight is 377 g/mol. The second kappa shape index (κ2) is 7.56. The van der Waals surface area contributed by atoms with Crippen molar-refractivity contribution in [2.45, 2.75) is 0 Å². The van der Waals surface area contributed by atoms with Crippen molar-refractivity contribution in [2.75, 3.05) is 0 Å². The van der Waals surface area contributed by atoms with Crippen molar-refractivity contribution < 1.29 is 8.81 Å². The number of nitrogens with zero attached hydrogens (tertiary/aromatic N) is 2. The van der Waals surface area contributed by atoms with Crippen molar-refractivity contribution in [3.8, 4) is 11.5 Å². The highest BCUT2D eigenvalue weighted by molar-refractivity contribution is 6.30. The van der Waals surface area contributed by atoms with Gasteiger partial charge in [-0.3, -0.25) is 4.99 Å². The Kier molecular flexibility index (Phi) is 4.81. The van der Waals surface area contributed by atoms with Crippen LogP contribution in [0.15, 0.2) is 82.2 Å². The molecule has 0 atom stereocenters. The summed E-state index contributed by atoms with van der Waals surface area (Å²) in [5.41, 5.74) is 3.32. The summed E-state index contributed by atoms with van der Waals surface area (Å²) in [5.74, 6) is -0.110. The zero-order valence-electron chi connectivity index (χ0n) is 14.1. The molecule has 0 fully saturated rings. The van der Waals surface area contributed by atoms with Crippen LogP contribution in [-0.2, 0) is 0 Å². The second-order valence-electron chi connectivity index (χ2n) is 5.84. The average Bonchev–Trinajstić information content (AvgIpc) is 3.10. The van der Waals surface area contributed by atoms with Crippen LogP contribution in [-0.4, -0.2) is 11.2 Å². The Morgan fingerprint density at radius 2 is 1.81 bits per heavy atom. The summed E-state index contributed by atoms with van der Waals surface area (Å²) in [6.45, 7) is 0. The first kappa shape index (κ1) is 17.2. The zero-order valence-corrected chi connectivity index (χ0v) is 14.9. The molecule has 0 aliphatic heterocycles. The molecule has 132 valence electrons. The predicted molar refractivity (Wildman–Crippen MR) is 108 cm³/mol. The number of oxazole rings is 1. The highest BCUT2D eigenvalue weighted by Crippen LogP contribution is 2.28. The van der Waals surface area contributed by atoms with E-state index >= 15 is 0 Å². The van der Waals surface area contributed by atoms with Gasteiger partial charge in [-0.25, -0.2) is 9.37 Å². The molecule has 0 saturated heterocycles. The van der Waals surface area contributed by atoms with Gasteiger partial charge in [-0.05, 0) is 54.1 Å². The molecular weight excluding hydrogens is 363 g/mol. The molecule has 1 aromatic heterocycles. The van der Waals surface area contributed by atoms with E-state index in [1.165, 1.54) is 6.07 Å². The molecule has 0 aliphatic rings. The molecule has 0 radical (unpaired) electrons. The number of hydrogen-bond acceptors (Lipinski definition) is 3. The summed E-state index contributed by atoms with van der Waals surface area (Å²) in [4.78, 5) is 8.77. The number of hydrogen-bond donors (Lipinski definition) is 0. The van der Waals surface area contributed by atoms with E-state index in [1.807, 2.05) is 42.5 Å². The van der Waals surface area contributed by atoms with Crippen LogP contribution in [0.1, 0.15) is 5.56 Å². The third kappa shape index (κ3) is 3.96. The second-order valence-corrected chi connectivity index (χ2v) is 6.28. The number of aromatic nitrogens is 1. The van der Waals surface area contributed by atoms with Gasteiger partial charge in [0.25, 0.3) is 0 Å². The topological polar surface area (TPSA) is 38.4 Å². The van der Waals surface area contributed by atoms with Crippen LogP contribution in [0.5, 0.6) is 0 Å². The van der Waals surface area contributed by atoms with Gasteiger partial charge in [-0.1, -0.05) is 41.9 Å². The van der Waals surface area contributed by atoms with E-state index in [1.54, 1.807) is 36.5 Å². The van der Waals surface area contributed by atoms with E-state index in [2.05, 4.69) is 9.98 Å². The van der Waals surface area contributed by atoms with Crippen LogP contribution in [0.3, 0.4) is 0 Å². The lowest BCUT2D eigenvalue weighted by Crippen LogP contribution is -1.82. The quantitative estimate of drug-likeness (QED) is 0.371. The van der Waals surface area contributed by atoms with E-state index in [9.17, 15) is 4.39 Å². The Morgan fingerprint density at radius 3 is 2.63 bits per heavy atom. The van der Waals surface area contributed by atoms with Crippen LogP contribution < -0.4 is 0 Å². The van der Waals surface area contributed by atoms with Gasteiger partial charge in [0.1, 0.15) is 11.3 Å². The van der Waals surface area contributed by atoms with Crippen molar-refractivity contribution in [1.29, 1.82) is 0 Å².